The molecule has 1 N–H and O–H groups in total. The van der Waals surface area contributed by atoms with E-state index in [0.717, 1.165) is 24.8 Å². The van der Waals surface area contributed by atoms with Gasteiger partial charge in [0.1, 0.15) is 5.82 Å². The van der Waals surface area contributed by atoms with Gasteiger partial charge in [-0.3, -0.25) is 0 Å². The van der Waals surface area contributed by atoms with Gasteiger partial charge < -0.3 is 10.2 Å². The largest absolute Gasteiger partial charge is 0.381 e. The van der Waals surface area contributed by atoms with Crippen molar-refractivity contribution in [1.82, 2.24) is 0 Å². The van der Waals surface area contributed by atoms with Gasteiger partial charge in [0.05, 0.1) is 0 Å². The van der Waals surface area contributed by atoms with Crippen molar-refractivity contribution in [2.45, 2.75) is 32.4 Å². The van der Waals surface area contributed by atoms with E-state index in [9.17, 15) is 4.39 Å². The second kappa shape index (κ2) is 8.99. The van der Waals surface area contributed by atoms with Gasteiger partial charge in [-0.05, 0) is 61.7 Å². The summed E-state index contributed by atoms with van der Waals surface area (Å²) in [7, 11) is 0. The van der Waals surface area contributed by atoms with Gasteiger partial charge in [0, 0.05) is 30.5 Å². The molecule has 0 bridgehead atoms. The van der Waals surface area contributed by atoms with Gasteiger partial charge in [-0.1, -0.05) is 12.1 Å². The molecule has 0 aromatic heterocycles. The highest BCUT2D eigenvalue weighted by Gasteiger charge is 2.27. The molecule has 23 heavy (non-hydrogen) atoms. The van der Waals surface area contributed by atoms with Gasteiger partial charge in [-0.2, -0.15) is 0 Å². The Kier molecular flexibility index (Phi) is 7.66. The summed E-state index contributed by atoms with van der Waals surface area (Å²) in [6, 6.07) is 15.9. The number of nitrogens with one attached hydrogen (secondary N) is 1. The normalized spacial score (nSPS) is 12.8. The molecule has 2 aromatic carbocycles. The third kappa shape index (κ3) is 5.29. The highest BCUT2D eigenvalue weighted by Crippen LogP contribution is 2.31. The van der Waals surface area contributed by atoms with Crippen molar-refractivity contribution in [3.63, 3.8) is 0 Å². The molecule has 0 unspecified atom stereocenters. The standard InChI is InChI=1S/C18H21FN2.2ClH/c1-2-21(18-11-12-18)17-9-3-14(4-10-17)13-20-16-7-5-15(19)6-8-16;;/h3-10,18,20H,2,11-13H2,1H3;2*1H. The molecule has 2 nitrogen and oxygen atoms in total. The predicted octanol–water partition coefficient (Wildman–Crippen LogP) is 5.27. The molecule has 0 atom stereocenters. The Hall–Kier alpha value is -1.45. The second-order valence-corrected chi connectivity index (χ2v) is 5.54. The van der Waals surface area contributed by atoms with Crippen LogP contribution in [0.5, 0.6) is 0 Å². The molecule has 0 amide bonds. The molecule has 0 aliphatic heterocycles. The molecule has 0 heterocycles. The van der Waals surface area contributed by atoms with Crippen molar-refractivity contribution >= 4 is 36.2 Å². The van der Waals surface area contributed by atoms with E-state index in [1.807, 2.05) is 0 Å². The fraction of sp³-hybridized carbons (Fsp3) is 0.333. The smallest absolute Gasteiger partial charge is 0.123 e. The number of nitrogens with zero attached hydrogens (tertiary/aromatic N) is 1. The van der Waals surface area contributed by atoms with Gasteiger partial charge in [-0.25, -0.2) is 4.39 Å². The first-order valence-corrected chi connectivity index (χ1v) is 7.61. The molecule has 0 spiro atoms. The first kappa shape index (κ1) is 19.6. The Morgan fingerprint density at radius 2 is 1.61 bits per heavy atom. The number of benzene rings is 2. The molecule has 1 fully saturated rings. The summed E-state index contributed by atoms with van der Waals surface area (Å²) in [5, 5.41) is 3.31. The van der Waals surface area contributed by atoms with Crippen LogP contribution < -0.4 is 10.2 Å². The molecule has 1 aliphatic carbocycles. The number of halogens is 3. The van der Waals surface area contributed by atoms with Crippen LogP contribution in [0, 0.1) is 5.82 Å². The van der Waals surface area contributed by atoms with Gasteiger partial charge in [0.15, 0.2) is 0 Å². The van der Waals surface area contributed by atoms with E-state index in [2.05, 4.69) is 41.4 Å². The average Bonchev–Trinajstić information content (AvgIpc) is 3.34. The van der Waals surface area contributed by atoms with Crippen LogP contribution in [0.4, 0.5) is 15.8 Å². The van der Waals surface area contributed by atoms with Crippen molar-refractivity contribution in [2.75, 3.05) is 16.8 Å². The van der Waals surface area contributed by atoms with Crippen molar-refractivity contribution < 1.29 is 4.39 Å². The maximum Gasteiger partial charge on any atom is 0.123 e. The minimum absolute atomic E-state index is 0. The maximum absolute atomic E-state index is 12.8. The zero-order valence-corrected chi connectivity index (χ0v) is 14.8. The summed E-state index contributed by atoms with van der Waals surface area (Å²) in [5.74, 6) is -0.204. The zero-order chi connectivity index (χ0) is 14.7. The highest BCUT2D eigenvalue weighted by molar-refractivity contribution is 5.85. The first-order chi connectivity index (χ1) is 10.3. The van der Waals surface area contributed by atoms with E-state index in [-0.39, 0.29) is 30.6 Å². The minimum atomic E-state index is -0.204. The van der Waals surface area contributed by atoms with E-state index in [0.29, 0.717) is 0 Å². The summed E-state index contributed by atoms with van der Waals surface area (Å²) in [6.07, 6.45) is 2.64. The van der Waals surface area contributed by atoms with Gasteiger partial charge in [0.2, 0.25) is 0 Å². The van der Waals surface area contributed by atoms with Crippen LogP contribution >= 0.6 is 24.8 Å². The summed E-state index contributed by atoms with van der Waals surface area (Å²) in [5.41, 5.74) is 3.48. The van der Waals surface area contributed by atoms with Crippen LogP contribution in [0.15, 0.2) is 48.5 Å². The third-order valence-corrected chi connectivity index (χ3v) is 3.94. The lowest BCUT2D eigenvalue weighted by molar-refractivity contribution is 0.628. The summed E-state index contributed by atoms with van der Waals surface area (Å²) < 4.78 is 12.8. The minimum Gasteiger partial charge on any atom is -0.381 e. The summed E-state index contributed by atoms with van der Waals surface area (Å²) in [4.78, 5) is 2.47. The van der Waals surface area contributed by atoms with E-state index in [1.165, 1.54) is 36.2 Å². The van der Waals surface area contributed by atoms with Crippen molar-refractivity contribution in [1.29, 1.82) is 0 Å². The van der Waals surface area contributed by atoms with Crippen molar-refractivity contribution in [3.8, 4) is 0 Å². The maximum atomic E-state index is 12.8. The average molecular weight is 357 g/mol. The molecule has 126 valence electrons. The molecular formula is C18H23Cl2FN2. The van der Waals surface area contributed by atoms with Crippen molar-refractivity contribution in [3.05, 3.63) is 59.9 Å². The summed E-state index contributed by atoms with van der Waals surface area (Å²) >= 11 is 0. The molecule has 2 aromatic rings. The first-order valence-electron chi connectivity index (χ1n) is 7.61. The van der Waals surface area contributed by atoms with Crippen LogP contribution in [0.3, 0.4) is 0 Å². The summed E-state index contributed by atoms with van der Waals surface area (Å²) in [6.45, 7) is 4.03. The lowest BCUT2D eigenvalue weighted by Gasteiger charge is -2.23. The Morgan fingerprint density at radius 3 is 2.13 bits per heavy atom. The highest BCUT2D eigenvalue weighted by atomic mass is 35.5. The van der Waals surface area contributed by atoms with Crippen LogP contribution in [0.2, 0.25) is 0 Å². The van der Waals surface area contributed by atoms with Crippen LogP contribution in [0.25, 0.3) is 0 Å². The molecule has 1 aliphatic rings. The molecule has 5 heteroatoms. The lowest BCUT2D eigenvalue weighted by atomic mass is 10.2. The number of anilines is 2. The van der Waals surface area contributed by atoms with Crippen LogP contribution in [-0.4, -0.2) is 12.6 Å². The molecule has 1 saturated carbocycles. The lowest BCUT2D eigenvalue weighted by Crippen LogP contribution is -2.24. The quantitative estimate of drug-likeness (QED) is 0.758. The molecule has 0 radical (unpaired) electrons. The SMILES string of the molecule is CCN(c1ccc(CNc2ccc(F)cc2)cc1)C1CC1.Cl.Cl. The monoisotopic (exact) mass is 356 g/mol. The van der Waals surface area contributed by atoms with Gasteiger partial charge >= 0.3 is 0 Å². The van der Waals surface area contributed by atoms with Crippen LogP contribution in [0.1, 0.15) is 25.3 Å². The Bertz CT molecular complexity index is 583. The Balaban J connectivity index is 0.00000132. The number of hydrogen-bond donors (Lipinski definition) is 1. The Morgan fingerprint density at radius 1 is 1.00 bits per heavy atom. The van der Waals surface area contributed by atoms with Crippen molar-refractivity contribution in [2.24, 2.45) is 0 Å². The fourth-order valence-corrected chi connectivity index (χ4v) is 2.61. The number of rotatable bonds is 6. The van der Waals surface area contributed by atoms with Gasteiger partial charge in [-0.15, -0.1) is 24.8 Å². The Labute approximate surface area is 149 Å². The molecule has 3 rings (SSSR count). The zero-order valence-electron chi connectivity index (χ0n) is 13.2. The molecular weight excluding hydrogens is 334 g/mol. The van der Waals surface area contributed by atoms with E-state index in [1.54, 1.807) is 12.1 Å². The van der Waals surface area contributed by atoms with E-state index >= 15 is 0 Å². The predicted molar refractivity (Wildman–Crippen MR) is 101 cm³/mol. The van der Waals surface area contributed by atoms with Gasteiger partial charge in [0.25, 0.3) is 0 Å². The fourth-order valence-electron chi connectivity index (χ4n) is 2.61. The second-order valence-electron chi connectivity index (χ2n) is 5.54. The molecule has 0 saturated heterocycles. The number of hydrogen-bond acceptors (Lipinski definition) is 2. The van der Waals surface area contributed by atoms with E-state index in [4.69, 9.17) is 0 Å². The third-order valence-electron chi connectivity index (χ3n) is 3.94. The van der Waals surface area contributed by atoms with Crippen LogP contribution in [-0.2, 0) is 6.54 Å². The van der Waals surface area contributed by atoms with E-state index < -0.39 is 0 Å². The topological polar surface area (TPSA) is 15.3 Å².